The van der Waals surface area contributed by atoms with E-state index in [4.69, 9.17) is 10.5 Å². The van der Waals surface area contributed by atoms with E-state index < -0.39 is 0 Å². The second-order valence-electron chi connectivity index (χ2n) is 5.59. The number of anilines is 2. The molecule has 0 aromatic heterocycles. The molecule has 22 heavy (non-hydrogen) atoms. The molecule has 0 radical (unpaired) electrons. The van der Waals surface area contributed by atoms with Gasteiger partial charge in [-0.05, 0) is 49.9 Å². The van der Waals surface area contributed by atoms with Gasteiger partial charge >= 0.3 is 0 Å². The number of benzene rings is 2. The van der Waals surface area contributed by atoms with Gasteiger partial charge in [-0.3, -0.25) is 4.79 Å². The molecular formula is C18H20N2O2. The number of carbonyl (C=O) groups excluding carboxylic acids is 1. The van der Waals surface area contributed by atoms with Crippen LogP contribution in [-0.2, 0) is 0 Å². The molecule has 0 aliphatic heterocycles. The van der Waals surface area contributed by atoms with Crippen molar-refractivity contribution >= 4 is 17.3 Å². The first-order chi connectivity index (χ1) is 10.7. The number of para-hydroxylation sites is 1. The Balaban J connectivity index is 1.69. The fourth-order valence-corrected chi connectivity index (χ4v) is 2.75. The first kappa shape index (κ1) is 14.4. The van der Waals surface area contributed by atoms with E-state index in [1.54, 1.807) is 18.2 Å². The molecule has 2 aromatic rings. The molecule has 1 amide bonds. The lowest BCUT2D eigenvalue weighted by Crippen LogP contribution is -2.14. The van der Waals surface area contributed by atoms with Crippen LogP contribution >= 0.6 is 0 Å². The van der Waals surface area contributed by atoms with Crippen molar-refractivity contribution < 1.29 is 9.53 Å². The molecule has 0 atom stereocenters. The van der Waals surface area contributed by atoms with E-state index in [2.05, 4.69) is 5.32 Å². The normalized spacial score (nSPS) is 14.7. The Morgan fingerprint density at radius 3 is 2.64 bits per heavy atom. The van der Waals surface area contributed by atoms with E-state index in [-0.39, 0.29) is 5.91 Å². The summed E-state index contributed by atoms with van der Waals surface area (Å²) in [6.07, 6.45) is 4.98. The van der Waals surface area contributed by atoms with Crippen LogP contribution in [0, 0.1) is 0 Å². The molecular weight excluding hydrogens is 276 g/mol. The number of amides is 1. The molecule has 1 saturated carbocycles. The van der Waals surface area contributed by atoms with Crippen LogP contribution in [-0.4, -0.2) is 12.0 Å². The Morgan fingerprint density at radius 2 is 1.86 bits per heavy atom. The highest BCUT2D eigenvalue weighted by Gasteiger charge is 2.16. The van der Waals surface area contributed by atoms with Crippen molar-refractivity contribution in [3.8, 4) is 5.75 Å². The van der Waals surface area contributed by atoms with E-state index in [1.807, 2.05) is 30.3 Å². The summed E-state index contributed by atoms with van der Waals surface area (Å²) >= 11 is 0. The van der Waals surface area contributed by atoms with Gasteiger partial charge in [-0.1, -0.05) is 18.2 Å². The minimum absolute atomic E-state index is 0.212. The Hall–Kier alpha value is -2.49. The van der Waals surface area contributed by atoms with Crippen LogP contribution in [0.4, 0.5) is 11.4 Å². The minimum atomic E-state index is -0.212. The summed E-state index contributed by atoms with van der Waals surface area (Å²) in [6, 6.07) is 14.5. The number of nitrogen functional groups attached to an aromatic ring is 1. The summed E-state index contributed by atoms with van der Waals surface area (Å²) in [5.41, 5.74) is 7.49. The van der Waals surface area contributed by atoms with E-state index in [0.717, 1.165) is 18.6 Å². The van der Waals surface area contributed by atoms with Gasteiger partial charge in [0.05, 0.1) is 11.7 Å². The maximum absolute atomic E-state index is 12.3. The number of ether oxygens (including phenoxy) is 1. The lowest BCUT2D eigenvalue weighted by atomic mass is 10.1. The van der Waals surface area contributed by atoms with Gasteiger partial charge in [-0.25, -0.2) is 0 Å². The van der Waals surface area contributed by atoms with Crippen molar-refractivity contribution in [2.75, 3.05) is 11.1 Å². The highest BCUT2D eigenvalue weighted by atomic mass is 16.5. The minimum Gasteiger partial charge on any atom is -0.490 e. The molecule has 1 aliphatic rings. The number of rotatable bonds is 4. The van der Waals surface area contributed by atoms with Crippen molar-refractivity contribution in [1.82, 2.24) is 0 Å². The van der Waals surface area contributed by atoms with E-state index in [0.29, 0.717) is 23.0 Å². The molecule has 1 aliphatic carbocycles. The Kier molecular flexibility index (Phi) is 4.28. The summed E-state index contributed by atoms with van der Waals surface area (Å²) in [4.78, 5) is 12.3. The molecule has 3 rings (SSSR count). The van der Waals surface area contributed by atoms with E-state index >= 15 is 0 Å². The van der Waals surface area contributed by atoms with Crippen molar-refractivity contribution in [2.45, 2.75) is 31.8 Å². The van der Waals surface area contributed by atoms with Crippen molar-refractivity contribution in [3.05, 3.63) is 54.1 Å². The van der Waals surface area contributed by atoms with Gasteiger partial charge in [0.15, 0.2) is 0 Å². The number of hydrogen-bond donors (Lipinski definition) is 2. The van der Waals surface area contributed by atoms with Crippen molar-refractivity contribution in [3.63, 3.8) is 0 Å². The molecule has 0 heterocycles. The summed E-state index contributed by atoms with van der Waals surface area (Å²) in [5.74, 6) is 0.585. The highest BCUT2D eigenvalue weighted by Crippen LogP contribution is 2.26. The molecule has 0 saturated heterocycles. The summed E-state index contributed by atoms with van der Waals surface area (Å²) in [5, 5.41) is 2.87. The molecule has 0 bridgehead atoms. The third kappa shape index (κ3) is 3.39. The molecule has 4 heteroatoms. The van der Waals surface area contributed by atoms with Gasteiger partial charge in [-0.15, -0.1) is 0 Å². The molecule has 0 unspecified atom stereocenters. The fourth-order valence-electron chi connectivity index (χ4n) is 2.75. The Labute approximate surface area is 130 Å². The number of nitrogens with two attached hydrogens (primary N) is 1. The highest BCUT2D eigenvalue weighted by molar-refractivity contribution is 6.07. The first-order valence-electron chi connectivity index (χ1n) is 7.65. The van der Waals surface area contributed by atoms with Crippen LogP contribution in [0.5, 0.6) is 5.75 Å². The quantitative estimate of drug-likeness (QED) is 0.842. The van der Waals surface area contributed by atoms with Crippen molar-refractivity contribution in [1.29, 1.82) is 0 Å². The number of carbonyl (C=O) groups is 1. The Morgan fingerprint density at radius 1 is 1.09 bits per heavy atom. The van der Waals surface area contributed by atoms with E-state index in [9.17, 15) is 4.79 Å². The molecule has 3 N–H and O–H groups in total. The second kappa shape index (κ2) is 6.52. The summed E-state index contributed by atoms with van der Waals surface area (Å²) in [6.45, 7) is 0. The van der Waals surface area contributed by atoms with Crippen LogP contribution in [0.3, 0.4) is 0 Å². The van der Waals surface area contributed by atoms with Gasteiger partial charge in [0.1, 0.15) is 5.75 Å². The largest absolute Gasteiger partial charge is 0.490 e. The predicted molar refractivity (Wildman–Crippen MR) is 88.1 cm³/mol. The van der Waals surface area contributed by atoms with Crippen LogP contribution in [0.2, 0.25) is 0 Å². The van der Waals surface area contributed by atoms with Crippen LogP contribution < -0.4 is 15.8 Å². The average Bonchev–Trinajstić information content (AvgIpc) is 3.01. The third-order valence-corrected chi connectivity index (χ3v) is 3.90. The standard InChI is InChI=1S/C18H20N2O2/c19-17-11-4-3-10-16(17)18(21)20-13-6-5-9-15(12-13)22-14-7-1-2-8-14/h3-6,9-12,14H,1-2,7-8,19H2,(H,20,21). The summed E-state index contributed by atoms with van der Waals surface area (Å²) < 4.78 is 5.95. The van der Waals surface area contributed by atoms with Crippen LogP contribution in [0.25, 0.3) is 0 Å². The van der Waals surface area contributed by atoms with Gasteiger partial charge in [0.25, 0.3) is 5.91 Å². The smallest absolute Gasteiger partial charge is 0.257 e. The zero-order valence-corrected chi connectivity index (χ0v) is 12.4. The SMILES string of the molecule is Nc1ccccc1C(=O)Nc1cccc(OC2CCCC2)c1. The maximum atomic E-state index is 12.3. The van der Waals surface area contributed by atoms with Gasteiger partial charge < -0.3 is 15.8 Å². The number of hydrogen-bond acceptors (Lipinski definition) is 3. The van der Waals surface area contributed by atoms with Gasteiger partial charge in [0.2, 0.25) is 0 Å². The lowest BCUT2D eigenvalue weighted by Gasteiger charge is -2.14. The topological polar surface area (TPSA) is 64.4 Å². The second-order valence-corrected chi connectivity index (χ2v) is 5.59. The van der Waals surface area contributed by atoms with Crippen molar-refractivity contribution in [2.24, 2.45) is 0 Å². The first-order valence-corrected chi connectivity index (χ1v) is 7.65. The maximum Gasteiger partial charge on any atom is 0.257 e. The van der Waals surface area contributed by atoms with Gasteiger partial charge in [0, 0.05) is 17.4 Å². The van der Waals surface area contributed by atoms with Gasteiger partial charge in [-0.2, -0.15) is 0 Å². The zero-order chi connectivity index (χ0) is 15.4. The van der Waals surface area contributed by atoms with Crippen LogP contribution in [0.1, 0.15) is 36.0 Å². The fraction of sp³-hybridized carbons (Fsp3) is 0.278. The summed E-state index contributed by atoms with van der Waals surface area (Å²) in [7, 11) is 0. The molecule has 0 spiro atoms. The van der Waals surface area contributed by atoms with Crippen LogP contribution in [0.15, 0.2) is 48.5 Å². The molecule has 1 fully saturated rings. The third-order valence-electron chi connectivity index (χ3n) is 3.90. The molecule has 2 aromatic carbocycles. The monoisotopic (exact) mass is 296 g/mol. The predicted octanol–water partition coefficient (Wildman–Crippen LogP) is 3.84. The lowest BCUT2D eigenvalue weighted by molar-refractivity contribution is 0.102. The van der Waals surface area contributed by atoms with E-state index in [1.165, 1.54) is 12.8 Å². The zero-order valence-electron chi connectivity index (χ0n) is 12.4. The Bertz CT molecular complexity index is 664. The number of nitrogens with one attached hydrogen (secondary N) is 1. The molecule has 4 nitrogen and oxygen atoms in total. The average molecular weight is 296 g/mol. The molecule has 114 valence electrons.